The number of benzene rings is 3. The number of rotatable bonds is 9. The molecule has 1 heterocycles. The van der Waals surface area contributed by atoms with E-state index in [1.807, 2.05) is 18.2 Å². The second-order valence-electron chi connectivity index (χ2n) is 7.65. The van der Waals surface area contributed by atoms with E-state index in [9.17, 15) is 14.3 Å². The van der Waals surface area contributed by atoms with Crippen LogP contribution >= 0.6 is 0 Å². The largest absolute Gasteiger partial charge is 0.497 e. The summed E-state index contributed by atoms with van der Waals surface area (Å²) in [4.78, 5) is 16.9. The summed E-state index contributed by atoms with van der Waals surface area (Å²) >= 11 is 0. The Balaban J connectivity index is 1.77. The van der Waals surface area contributed by atoms with Crippen LogP contribution in [0, 0.1) is 5.82 Å². The van der Waals surface area contributed by atoms with Gasteiger partial charge >= 0.3 is 0 Å². The van der Waals surface area contributed by atoms with Crippen molar-refractivity contribution in [1.29, 1.82) is 0 Å². The van der Waals surface area contributed by atoms with E-state index in [2.05, 4.69) is 10.3 Å². The maximum absolute atomic E-state index is 13.8. The highest BCUT2D eigenvalue weighted by molar-refractivity contribution is 6.11. The number of aliphatic hydroxyl groups is 1. The van der Waals surface area contributed by atoms with Crippen LogP contribution in [0.3, 0.4) is 0 Å². The van der Waals surface area contributed by atoms with Gasteiger partial charge in [0.05, 0.1) is 14.2 Å². The first kappa shape index (κ1) is 22.4. The average Bonchev–Trinajstić information content (AvgIpc) is 3.26. The number of aromatic amines is 1. The molecule has 0 radical (unpaired) electrons. The van der Waals surface area contributed by atoms with Crippen LogP contribution in [0.1, 0.15) is 27.5 Å². The summed E-state index contributed by atoms with van der Waals surface area (Å²) in [6.45, 7) is 0.0244. The first-order valence-electron chi connectivity index (χ1n) is 10.5. The third-order valence-corrected chi connectivity index (χ3v) is 5.54. The van der Waals surface area contributed by atoms with E-state index in [4.69, 9.17) is 9.47 Å². The van der Waals surface area contributed by atoms with Crippen molar-refractivity contribution in [1.82, 2.24) is 4.98 Å². The number of Topliss-reactive ketones (excluding diaryl/α,β-unsaturated/α-hetero) is 1. The van der Waals surface area contributed by atoms with Crippen LogP contribution in [0.15, 0.2) is 66.9 Å². The fraction of sp³-hybridized carbons (Fsp3) is 0.192. The minimum atomic E-state index is -0.789. The number of anilines is 1. The first-order valence-corrected chi connectivity index (χ1v) is 10.5. The Labute approximate surface area is 191 Å². The summed E-state index contributed by atoms with van der Waals surface area (Å²) in [7, 11) is 3.11. The molecule has 7 heteroatoms. The van der Waals surface area contributed by atoms with Crippen LogP contribution in [0.5, 0.6) is 11.5 Å². The molecule has 0 fully saturated rings. The van der Waals surface area contributed by atoms with Crippen LogP contribution in [0.2, 0.25) is 0 Å². The van der Waals surface area contributed by atoms with Gasteiger partial charge in [0.15, 0.2) is 5.78 Å². The maximum atomic E-state index is 13.8. The minimum absolute atomic E-state index is 0.0244. The van der Waals surface area contributed by atoms with Crippen molar-refractivity contribution >= 4 is 22.4 Å². The van der Waals surface area contributed by atoms with Crippen LogP contribution in [0.4, 0.5) is 10.1 Å². The Morgan fingerprint density at radius 1 is 1.03 bits per heavy atom. The monoisotopic (exact) mass is 448 g/mol. The van der Waals surface area contributed by atoms with Crippen molar-refractivity contribution < 1.29 is 23.8 Å². The van der Waals surface area contributed by atoms with E-state index >= 15 is 0 Å². The fourth-order valence-corrected chi connectivity index (χ4v) is 3.82. The maximum Gasteiger partial charge on any atom is 0.191 e. The average molecular weight is 448 g/mol. The van der Waals surface area contributed by atoms with Gasteiger partial charge in [0, 0.05) is 53.2 Å². The molecule has 4 rings (SSSR count). The van der Waals surface area contributed by atoms with Gasteiger partial charge in [-0.2, -0.15) is 0 Å². The number of carbonyl (C=O) groups is 1. The van der Waals surface area contributed by atoms with Gasteiger partial charge in [-0.05, 0) is 41.8 Å². The number of ketones is 1. The predicted octanol–water partition coefficient (Wildman–Crippen LogP) is 4.90. The number of hydrogen-bond acceptors (Lipinski definition) is 5. The van der Waals surface area contributed by atoms with Crippen LogP contribution < -0.4 is 14.8 Å². The summed E-state index contributed by atoms with van der Waals surface area (Å²) in [5.74, 6) is 0.579. The van der Waals surface area contributed by atoms with Crippen LogP contribution in [0.25, 0.3) is 10.9 Å². The van der Waals surface area contributed by atoms with Gasteiger partial charge < -0.3 is 24.9 Å². The summed E-state index contributed by atoms with van der Waals surface area (Å²) in [5, 5.41) is 13.3. The molecule has 0 saturated heterocycles. The lowest BCUT2D eigenvalue weighted by atomic mass is 9.95. The summed E-state index contributed by atoms with van der Waals surface area (Å²) in [5.41, 5.74) is 3.49. The van der Waals surface area contributed by atoms with Crippen molar-refractivity contribution in [3.05, 3.63) is 89.4 Å². The normalized spacial score (nSPS) is 11.9. The first-order chi connectivity index (χ1) is 16.0. The molecule has 170 valence electrons. The fourth-order valence-electron chi connectivity index (χ4n) is 3.82. The smallest absolute Gasteiger partial charge is 0.191 e. The number of aromatic nitrogens is 1. The van der Waals surface area contributed by atoms with Gasteiger partial charge in [-0.3, -0.25) is 4.79 Å². The molecule has 0 saturated carbocycles. The zero-order valence-corrected chi connectivity index (χ0v) is 18.4. The van der Waals surface area contributed by atoms with Gasteiger partial charge in [0.2, 0.25) is 0 Å². The molecule has 6 nitrogen and oxygen atoms in total. The van der Waals surface area contributed by atoms with Gasteiger partial charge in [0.1, 0.15) is 23.4 Å². The zero-order chi connectivity index (χ0) is 23.4. The van der Waals surface area contributed by atoms with Crippen molar-refractivity contribution in [2.75, 3.05) is 26.1 Å². The molecule has 0 aliphatic carbocycles. The molecule has 1 unspecified atom stereocenters. The number of nitrogens with one attached hydrogen (secondary N) is 2. The van der Waals surface area contributed by atoms with Gasteiger partial charge in [-0.1, -0.05) is 18.2 Å². The Morgan fingerprint density at radius 3 is 2.36 bits per heavy atom. The standard InChI is InChI=1S/C26H25FN2O4/c1-32-20-12-19(13-21(14-20)33-2)29-25(17-4-6-18(27)7-5-17)26(31)23-15-28-24-8-3-16(9-10-30)11-22(23)24/h3-8,11-15,25,28-30H,9-10H2,1-2H3. The summed E-state index contributed by atoms with van der Waals surface area (Å²) in [6.07, 6.45) is 2.18. The lowest BCUT2D eigenvalue weighted by molar-refractivity contribution is 0.0971. The molecule has 0 aliphatic heterocycles. The third-order valence-electron chi connectivity index (χ3n) is 5.54. The van der Waals surface area contributed by atoms with Crippen LogP contribution in [-0.2, 0) is 6.42 Å². The number of fused-ring (bicyclic) bond motifs is 1. The second kappa shape index (κ2) is 9.75. The number of halogens is 1. The number of carbonyl (C=O) groups excluding carboxylic acids is 1. The Kier molecular flexibility index (Phi) is 6.60. The van der Waals surface area contributed by atoms with E-state index < -0.39 is 6.04 Å². The molecule has 0 aliphatic rings. The Morgan fingerprint density at radius 2 is 1.73 bits per heavy atom. The van der Waals surface area contributed by atoms with E-state index in [1.165, 1.54) is 12.1 Å². The molecule has 0 spiro atoms. The number of aliphatic hydroxyl groups excluding tert-OH is 1. The molecule has 3 N–H and O–H groups in total. The van der Waals surface area contributed by atoms with Gasteiger partial charge in [-0.25, -0.2) is 4.39 Å². The lowest BCUT2D eigenvalue weighted by Gasteiger charge is -2.20. The van der Waals surface area contributed by atoms with Gasteiger partial charge in [0.25, 0.3) is 0 Å². The van der Waals surface area contributed by atoms with Crippen molar-refractivity contribution in [2.24, 2.45) is 0 Å². The highest BCUT2D eigenvalue weighted by Gasteiger charge is 2.25. The van der Waals surface area contributed by atoms with Crippen molar-refractivity contribution in [2.45, 2.75) is 12.5 Å². The lowest BCUT2D eigenvalue weighted by Crippen LogP contribution is -2.21. The SMILES string of the molecule is COc1cc(NC(C(=O)c2c[nH]c3ccc(CCO)cc23)c2ccc(F)cc2)cc(OC)c1. The number of hydrogen-bond donors (Lipinski definition) is 3. The van der Waals surface area contributed by atoms with E-state index in [0.29, 0.717) is 34.7 Å². The molecule has 0 bridgehead atoms. The van der Waals surface area contributed by atoms with E-state index in [0.717, 1.165) is 16.5 Å². The Hall–Kier alpha value is -3.84. The van der Waals surface area contributed by atoms with Crippen molar-refractivity contribution in [3.8, 4) is 11.5 Å². The quantitative estimate of drug-likeness (QED) is 0.318. The molecule has 33 heavy (non-hydrogen) atoms. The number of H-pyrrole nitrogens is 1. The number of ether oxygens (including phenoxy) is 2. The molecular formula is C26H25FN2O4. The van der Waals surface area contributed by atoms with Crippen molar-refractivity contribution in [3.63, 3.8) is 0 Å². The summed E-state index contributed by atoms with van der Waals surface area (Å²) in [6, 6.07) is 16.0. The third kappa shape index (κ3) is 4.83. The highest BCUT2D eigenvalue weighted by Crippen LogP contribution is 2.32. The minimum Gasteiger partial charge on any atom is -0.497 e. The van der Waals surface area contributed by atoms with Crippen LogP contribution in [-0.4, -0.2) is 36.7 Å². The summed E-state index contributed by atoms with van der Waals surface area (Å²) < 4.78 is 24.3. The van der Waals surface area contributed by atoms with E-state index in [1.54, 1.807) is 50.7 Å². The Bertz CT molecular complexity index is 1250. The second-order valence-corrected chi connectivity index (χ2v) is 7.65. The van der Waals surface area contributed by atoms with E-state index in [-0.39, 0.29) is 18.2 Å². The molecule has 0 amide bonds. The molecule has 1 atom stereocenters. The van der Waals surface area contributed by atoms with Gasteiger partial charge in [-0.15, -0.1) is 0 Å². The topological polar surface area (TPSA) is 83.6 Å². The molecule has 4 aromatic rings. The zero-order valence-electron chi connectivity index (χ0n) is 18.4. The number of methoxy groups -OCH3 is 2. The molecule has 1 aromatic heterocycles. The highest BCUT2D eigenvalue weighted by atomic mass is 19.1. The molecule has 3 aromatic carbocycles. The predicted molar refractivity (Wildman–Crippen MR) is 126 cm³/mol. The molecular weight excluding hydrogens is 423 g/mol.